The molecule has 1 fully saturated rings. The second-order valence-corrected chi connectivity index (χ2v) is 11.8. The van der Waals surface area contributed by atoms with Gasteiger partial charge in [-0.2, -0.15) is 0 Å². The Morgan fingerprint density at radius 2 is 1.84 bits per heavy atom. The molecule has 2 aromatic heterocycles. The molecule has 1 saturated heterocycles. The van der Waals surface area contributed by atoms with Gasteiger partial charge in [-0.1, -0.05) is 71.7 Å². The molecule has 5 rings (SSSR count). The van der Waals surface area contributed by atoms with Gasteiger partial charge in [-0.25, -0.2) is 4.98 Å². The lowest BCUT2D eigenvalue weighted by atomic mass is 10.1. The van der Waals surface area contributed by atoms with E-state index in [-0.39, 0.29) is 5.91 Å². The predicted octanol–water partition coefficient (Wildman–Crippen LogP) is 6.13. The Labute approximate surface area is 240 Å². The van der Waals surface area contributed by atoms with E-state index in [9.17, 15) is 4.79 Å². The summed E-state index contributed by atoms with van der Waals surface area (Å²) in [6.45, 7) is 3.76. The van der Waals surface area contributed by atoms with Crippen LogP contribution in [0.25, 0.3) is 5.69 Å². The van der Waals surface area contributed by atoms with Crippen molar-refractivity contribution >= 4 is 52.2 Å². The van der Waals surface area contributed by atoms with Crippen LogP contribution in [0, 0.1) is 0 Å². The summed E-state index contributed by atoms with van der Waals surface area (Å²) in [5.41, 5.74) is 2.43. The van der Waals surface area contributed by atoms with E-state index in [1.54, 1.807) is 6.07 Å². The average Bonchev–Trinajstić information content (AvgIpc) is 3.57. The number of likely N-dealkylation sites (tertiary alicyclic amines) is 1. The van der Waals surface area contributed by atoms with Crippen molar-refractivity contribution in [3.63, 3.8) is 0 Å². The second-order valence-electron chi connectivity index (χ2n) is 9.07. The van der Waals surface area contributed by atoms with Gasteiger partial charge in [-0.15, -0.1) is 21.5 Å². The molecule has 198 valence electrons. The van der Waals surface area contributed by atoms with Crippen LogP contribution in [0.15, 0.2) is 59.1 Å². The largest absolute Gasteiger partial charge is 0.349 e. The molecule has 1 aliphatic rings. The van der Waals surface area contributed by atoms with E-state index in [0.717, 1.165) is 46.9 Å². The number of benzene rings is 2. The number of hydrogen-bond acceptors (Lipinski definition) is 7. The summed E-state index contributed by atoms with van der Waals surface area (Å²) in [4.78, 5) is 19.6. The molecule has 0 unspecified atom stereocenters. The number of carbonyl (C=O) groups is 1. The lowest BCUT2D eigenvalue weighted by Crippen LogP contribution is -2.37. The molecule has 0 radical (unpaired) electrons. The number of amides is 1. The first-order valence-electron chi connectivity index (χ1n) is 12.6. The highest BCUT2D eigenvalue weighted by Gasteiger charge is 2.18. The van der Waals surface area contributed by atoms with Crippen molar-refractivity contribution in [2.24, 2.45) is 0 Å². The zero-order chi connectivity index (χ0) is 26.3. The number of piperidine rings is 1. The normalized spacial score (nSPS) is 14.1. The van der Waals surface area contributed by atoms with E-state index in [4.69, 9.17) is 23.2 Å². The molecule has 0 spiro atoms. The Bertz CT molecular complexity index is 1370. The minimum Gasteiger partial charge on any atom is -0.349 e. The van der Waals surface area contributed by atoms with Crippen molar-refractivity contribution in [2.45, 2.75) is 36.6 Å². The molecule has 1 amide bonds. The summed E-state index contributed by atoms with van der Waals surface area (Å²) in [6.07, 6.45) is 4.41. The van der Waals surface area contributed by atoms with E-state index in [0.29, 0.717) is 34.5 Å². The minimum atomic E-state index is -0.126. The summed E-state index contributed by atoms with van der Waals surface area (Å²) in [6, 6.07) is 15.6. The fourth-order valence-electron chi connectivity index (χ4n) is 4.38. The highest BCUT2D eigenvalue weighted by atomic mass is 35.5. The molecule has 0 aliphatic carbocycles. The maximum absolute atomic E-state index is 12.6. The molecular weight excluding hydrogens is 559 g/mol. The Morgan fingerprint density at radius 3 is 2.63 bits per heavy atom. The average molecular weight is 588 g/mol. The monoisotopic (exact) mass is 586 g/mol. The first-order chi connectivity index (χ1) is 18.6. The zero-order valence-electron chi connectivity index (χ0n) is 20.8. The third kappa shape index (κ3) is 6.95. The molecule has 0 bridgehead atoms. The van der Waals surface area contributed by atoms with Gasteiger partial charge in [0.1, 0.15) is 16.5 Å². The fraction of sp³-hybridized carbons (Fsp3) is 0.333. The molecule has 2 aromatic carbocycles. The first-order valence-corrected chi connectivity index (χ1v) is 15.2. The molecule has 0 atom stereocenters. The van der Waals surface area contributed by atoms with Gasteiger partial charge in [0.2, 0.25) is 0 Å². The summed E-state index contributed by atoms with van der Waals surface area (Å²) in [5.74, 6) is 1.24. The van der Waals surface area contributed by atoms with Gasteiger partial charge >= 0.3 is 0 Å². The van der Waals surface area contributed by atoms with Crippen LogP contribution in [-0.2, 0) is 12.2 Å². The highest BCUT2D eigenvalue weighted by molar-refractivity contribution is 7.98. The van der Waals surface area contributed by atoms with E-state index in [1.165, 1.54) is 42.4 Å². The number of hydrogen-bond donors (Lipinski definition) is 1. The maximum atomic E-state index is 12.6. The predicted molar refractivity (Wildman–Crippen MR) is 155 cm³/mol. The van der Waals surface area contributed by atoms with Crippen LogP contribution in [0.1, 0.15) is 46.1 Å². The Morgan fingerprint density at radius 1 is 1.03 bits per heavy atom. The van der Waals surface area contributed by atoms with Crippen LogP contribution in [0.3, 0.4) is 0 Å². The van der Waals surface area contributed by atoms with Crippen LogP contribution in [0.2, 0.25) is 10.0 Å². The van der Waals surface area contributed by atoms with Crippen molar-refractivity contribution in [3.8, 4) is 5.69 Å². The van der Waals surface area contributed by atoms with Crippen LogP contribution < -0.4 is 5.32 Å². The van der Waals surface area contributed by atoms with Gasteiger partial charge in [0.05, 0.1) is 21.5 Å². The first kappa shape index (κ1) is 27.1. The quantitative estimate of drug-likeness (QED) is 0.225. The minimum absolute atomic E-state index is 0.126. The van der Waals surface area contributed by atoms with Crippen LogP contribution in [0.5, 0.6) is 0 Å². The lowest BCUT2D eigenvalue weighted by molar-refractivity contribution is 0.0942. The molecule has 0 saturated carbocycles. The van der Waals surface area contributed by atoms with Gasteiger partial charge in [-0.05, 0) is 49.7 Å². The molecule has 3 heterocycles. The Kier molecular flexibility index (Phi) is 9.35. The molecule has 11 heteroatoms. The fourth-order valence-corrected chi connectivity index (χ4v) is 6.43. The number of halogens is 2. The number of thiazole rings is 1. The summed E-state index contributed by atoms with van der Waals surface area (Å²) in [5, 5.41) is 16.3. The summed E-state index contributed by atoms with van der Waals surface area (Å²) < 4.78 is 2.00. The third-order valence-electron chi connectivity index (χ3n) is 6.34. The van der Waals surface area contributed by atoms with Crippen LogP contribution in [-0.4, -0.2) is 56.7 Å². The highest BCUT2D eigenvalue weighted by Crippen LogP contribution is 2.30. The summed E-state index contributed by atoms with van der Waals surface area (Å²) in [7, 11) is 0. The van der Waals surface area contributed by atoms with Gasteiger partial charge in [0.15, 0.2) is 5.16 Å². The molecule has 38 heavy (non-hydrogen) atoms. The van der Waals surface area contributed by atoms with Crippen molar-refractivity contribution in [1.29, 1.82) is 0 Å². The SMILES string of the molecule is O=C(NCCN1CCCCC1)c1csc(CSc2nnc(Cc3ccccc3)n2-c2ccc(Cl)c(Cl)c2)n1. The van der Waals surface area contributed by atoms with Crippen molar-refractivity contribution in [1.82, 2.24) is 30.0 Å². The van der Waals surface area contributed by atoms with E-state index < -0.39 is 0 Å². The number of nitrogens with one attached hydrogen (secondary N) is 1. The summed E-state index contributed by atoms with van der Waals surface area (Å²) >= 11 is 15.5. The van der Waals surface area contributed by atoms with Crippen molar-refractivity contribution in [3.05, 3.63) is 86.0 Å². The topological polar surface area (TPSA) is 75.9 Å². The molecule has 1 aliphatic heterocycles. The van der Waals surface area contributed by atoms with E-state index in [2.05, 4.69) is 37.5 Å². The van der Waals surface area contributed by atoms with E-state index in [1.807, 2.05) is 40.3 Å². The van der Waals surface area contributed by atoms with Crippen LogP contribution >= 0.6 is 46.3 Å². The smallest absolute Gasteiger partial charge is 0.270 e. The van der Waals surface area contributed by atoms with E-state index >= 15 is 0 Å². The molecule has 4 aromatic rings. The maximum Gasteiger partial charge on any atom is 0.270 e. The number of aromatic nitrogens is 4. The van der Waals surface area contributed by atoms with Crippen molar-refractivity contribution < 1.29 is 4.79 Å². The van der Waals surface area contributed by atoms with Gasteiger partial charge in [0, 0.05) is 24.9 Å². The number of carbonyl (C=O) groups excluding carboxylic acids is 1. The number of thioether (sulfide) groups is 1. The number of rotatable bonds is 10. The van der Waals surface area contributed by atoms with Gasteiger partial charge < -0.3 is 10.2 Å². The second kappa shape index (κ2) is 13.1. The van der Waals surface area contributed by atoms with Gasteiger partial charge in [-0.3, -0.25) is 9.36 Å². The van der Waals surface area contributed by atoms with Gasteiger partial charge in [0.25, 0.3) is 5.91 Å². The molecular formula is C27H28Cl2N6OS2. The Balaban J connectivity index is 1.26. The lowest BCUT2D eigenvalue weighted by Gasteiger charge is -2.26. The molecule has 1 N–H and O–H groups in total. The number of nitrogens with zero attached hydrogens (tertiary/aromatic N) is 5. The molecule has 7 nitrogen and oxygen atoms in total. The Hall–Kier alpha value is -2.43. The van der Waals surface area contributed by atoms with Crippen LogP contribution in [0.4, 0.5) is 0 Å². The zero-order valence-corrected chi connectivity index (χ0v) is 23.9. The standard InChI is InChI=1S/C27H28Cl2N6OS2/c28-21-10-9-20(16-22(21)29)35-24(15-19-7-3-1-4-8-19)32-33-27(35)38-18-25-31-23(17-37-25)26(36)30-11-14-34-12-5-2-6-13-34/h1,3-4,7-10,16-17H,2,5-6,11-15,18H2,(H,30,36). The third-order valence-corrected chi connectivity index (χ3v) is 9.05. The van der Waals surface area contributed by atoms with Crippen molar-refractivity contribution in [2.75, 3.05) is 26.2 Å².